The smallest absolute Gasteiger partial charge is 0.319 e. The summed E-state index contributed by atoms with van der Waals surface area (Å²) in [5.41, 5.74) is -1.08. The molecule has 1 aliphatic heterocycles. The Balaban J connectivity index is 2.13. The molecule has 1 aliphatic carbocycles. The fraction of sp³-hybridized carbons (Fsp3) is 0.833. The molecule has 0 aromatic rings. The highest BCUT2D eigenvalue weighted by Gasteiger charge is 2.53. The number of aliphatic carboxylic acids is 1. The molecule has 1 heterocycles. The van der Waals surface area contributed by atoms with E-state index in [2.05, 4.69) is 0 Å². The minimum Gasteiger partial charge on any atom is -0.480 e. The van der Waals surface area contributed by atoms with E-state index in [-0.39, 0.29) is 11.9 Å². The fourth-order valence-corrected chi connectivity index (χ4v) is 2.72. The van der Waals surface area contributed by atoms with Crippen molar-refractivity contribution < 1.29 is 14.7 Å². The Hall–Kier alpha value is -1.06. The van der Waals surface area contributed by atoms with Gasteiger partial charge in [0.1, 0.15) is 5.41 Å². The molecule has 0 spiro atoms. The number of hydrogen-bond donors (Lipinski definition) is 1. The highest BCUT2D eigenvalue weighted by Crippen LogP contribution is 2.43. The summed E-state index contributed by atoms with van der Waals surface area (Å²) < 4.78 is 0. The number of rotatable bonds is 2. The molecule has 0 aromatic carbocycles. The first-order chi connectivity index (χ1) is 7.58. The van der Waals surface area contributed by atoms with Gasteiger partial charge < -0.3 is 10.0 Å². The number of carboxylic acids is 1. The molecule has 16 heavy (non-hydrogen) atoms. The van der Waals surface area contributed by atoms with Crippen molar-refractivity contribution in [1.82, 2.24) is 4.90 Å². The van der Waals surface area contributed by atoms with Crippen LogP contribution in [0.1, 0.15) is 45.4 Å². The predicted molar refractivity (Wildman–Crippen MR) is 58.9 cm³/mol. The number of carbonyl (C=O) groups excluding carboxylic acids is 1. The van der Waals surface area contributed by atoms with Gasteiger partial charge >= 0.3 is 5.97 Å². The van der Waals surface area contributed by atoms with Crippen LogP contribution in [0.5, 0.6) is 0 Å². The average molecular weight is 225 g/mol. The van der Waals surface area contributed by atoms with E-state index in [0.29, 0.717) is 12.8 Å². The van der Waals surface area contributed by atoms with Crippen molar-refractivity contribution in [3.63, 3.8) is 0 Å². The van der Waals surface area contributed by atoms with Crippen molar-refractivity contribution in [1.29, 1.82) is 0 Å². The third-order valence-electron chi connectivity index (χ3n) is 4.09. The fourth-order valence-electron chi connectivity index (χ4n) is 2.72. The third-order valence-corrected chi connectivity index (χ3v) is 4.09. The molecule has 0 bridgehead atoms. The number of amides is 1. The molecular weight excluding hydrogens is 206 g/mol. The quantitative estimate of drug-likeness (QED) is 0.727. The lowest BCUT2D eigenvalue weighted by molar-refractivity contribution is -0.169. The molecule has 2 aliphatic rings. The summed E-state index contributed by atoms with van der Waals surface area (Å²) in [6.07, 6.45) is 5.05. The van der Waals surface area contributed by atoms with Gasteiger partial charge in [-0.15, -0.1) is 0 Å². The standard InChI is InChI=1S/C12H19NO3/c1-9-5-2-3-8-13(9)10(14)12(11(15)16)6-4-7-12/h9H,2-8H2,1H3,(H,15,16). The van der Waals surface area contributed by atoms with Gasteiger partial charge in [-0.05, 0) is 39.0 Å². The highest BCUT2D eigenvalue weighted by atomic mass is 16.4. The van der Waals surface area contributed by atoms with E-state index in [1.165, 1.54) is 0 Å². The predicted octanol–water partition coefficient (Wildman–Crippen LogP) is 1.64. The Morgan fingerprint density at radius 3 is 2.38 bits per heavy atom. The second-order valence-electron chi connectivity index (χ2n) is 5.08. The van der Waals surface area contributed by atoms with Crippen molar-refractivity contribution in [3.8, 4) is 0 Å². The van der Waals surface area contributed by atoms with Crippen LogP contribution in [0.25, 0.3) is 0 Å². The Morgan fingerprint density at radius 1 is 1.25 bits per heavy atom. The summed E-state index contributed by atoms with van der Waals surface area (Å²) in [6.45, 7) is 2.75. The summed E-state index contributed by atoms with van der Waals surface area (Å²) >= 11 is 0. The molecule has 0 radical (unpaired) electrons. The van der Waals surface area contributed by atoms with E-state index in [4.69, 9.17) is 0 Å². The zero-order valence-corrected chi connectivity index (χ0v) is 9.74. The number of hydrogen-bond acceptors (Lipinski definition) is 2. The molecular formula is C12H19NO3. The van der Waals surface area contributed by atoms with Crippen molar-refractivity contribution >= 4 is 11.9 Å². The van der Waals surface area contributed by atoms with Gasteiger partial charge in [0.25, 0.3) is 0 Å². The maximum Gasteiger partial charge on any atom is 0.319 e. The normalized spacial score (nSPS) is 28.3. The van der Waals surface area contributed by atoms with E-state index in [9.17, 15) is 14.7 Å². The van der Waals surface area contributed by atoms with E-state index in [0.717, 1.165) is 32.2 Å². The first-order valence-corrected chi connectivity index (χ1v) is 6.12. The molecule has 90 valence electrons. The van der Waals surface area contributed by atoms with Gasteiger partial charge in [-0.25, -0.2) is 0 Å². The minimum absolute atomic E-state index is 0.140. The van der Waals surface area contributed by atoms with Crippen LogP contribution < -0.4 is 0 Å². The van der Waals surface area contributed by atoms with Crippen molar-refractivity contribution in [3.05, 3.63) is 0 Å². The molecule has 1 atom stereocenters. The van der Waals surface area contributed by atoms with Crippen molar-refractivity contribution in [2.24, 2.45) is 5.41 Å². The van der Waals surface area contributed by atoms with Gasteiger partial charge in [0, 0.05) is 12.6 Å². The average Bonchev–Trinajstić information content (AvgIpc) is 2.15. The Kier molecular flexibility index (Phi) is 2.91. The Labute approximate surface area is 95.6 Å². The van der Waals surface area contributed by atoms with Gasteiger partial charge in [0.2, 0.25) is 5.91 Å². The molecule has 1 amide bonds. The zero-order chi connectivity index (χ0) is 11.8. The molecule has 1 saturated heterocycles. The number of carboxylic acid groups (broad SMARTS) is 1. The second kappa shape index (κ2) is 4.07. The number of nitrogens with zero attached hydrogens (tertiary/aromatic N) is 1. The molecule has 4 nitrogen and oxygen atoms in total. The number of carbonyl (C=O) groups is 2. The lowest BCUT2D eigenvalue weighted by Gasteiger charge is -2.43. The van der Waals surface area contributed by atoms with Crippen LogP contribution in [0.4, 0.5) is 0 Å². The van der Waals surface area contributed by atoms with E-state index in [1.54, 1.807) is 4.90 Å². The molecule has 0 aromatic heterocycles. The first kappa shape index (κ1) is 11.4. The largest absolute Gasteiger partial charge is 0.480 e. The van der Waals surface area contributed by atoms with Gasteiger partial charge in [-0.1, -0.05) is 6.42 Å². The zero-order valence-electron chi connectivity index (χ0n) is 9.74. The lowest BCUT2D eigenvalue weighted by Crippen LogP contribution is -2.55. The molecule has 1 N–H and O–H groups in total. The minimum atomic E-state index is -1.08. The summed E-state index contributed by atoms with van der Waals surface area (Å²) in [6, 6.07) is 0.207. The van der Waals surface area contributed by atoms with Crippen LogP contribution in [0.3, 0.4) is 0 Å². The topological polar surface area (TPSA) is 57.6 Å². The van der Waals surface area contributed by atoms with Crippen LogP contribution >= 0.6 is 0 Å². The maximum absolute atomic E-state index is 12.3. The lowest BCUT2D eigenvalue weighted by atomic mass is 9.67. The van der Waals surface area contributed by atoms with Crippen molar-refractivity contribution in [2.75, 3.05) is 6.54 Å². The second-order valence-corrected chi connectivity index (χ2v) is 5.08. The van der Waals surface area contributed by atoms with E-state index in [1.807, 2.05) is 6.92 Å². The highest BCUT2D eigenvalue weighted by molar-refractivity contribution is 6.03. The molecule has 1 unspecified atom stereocenters. The van der Waals surface area contributed by atoms with Crippen LogP contribution in [0.2, 0.25) is 0 Å². The van der Waals surface area contributed by atoms with Gasteiger partial charge in [0.05, 0.1) is 0 Å². The number of piperidine rings is 1. The van der Waals surface area contributed by atoms with E-state index >= 15 is 0 Å². The SMILES string of the molecule is CC1CCCCN1C(=O)C1(C(=O)O)CCC1. The maximum atomic E-state index is 12.3. The van der Waals surface area contributed by atoms with Gasteiger partial charge in [-0.3, -0.25) is 9.59 Å². The van der Waals surface area contributed by atoms with Crippen LogP contribution in [-0.4, -0.2) is 34.5 Å². The monoisotopic (exact) mass is 225 g/mol. The van der Waals surface area contributed by atoms with Crippen molar-refractivity contribution in [2.45, 2.75) is 51.5 Å². The Morgan fingerprint density at radius 2 is 1.94 bits per heavy atom. The van der Waals surface area contributed by atoms with Gasteiger partial charge in [0.15, 0.2) is 0 Å². The molecule has 2 rings (SSSR count). The number of likely N-dealkylation sites (tertiary alicyclic amines) is 1. The first-order valence-electron chi connectivity index (χ1n) is 6.12. The molecule has 1 saturated carbocycles. The van der Waals surface area contributed by atoms with Crippen LogP contribution in [0, 0.1) is 5.41 Å². The summed E-state index contributed by atoms with van der Waals surface area (Å²) in [4.78, 5) is 25.3. The summed E-state index contributed by atoms with van der Waals surface area (Å²) in [7, 11) is 0. The van der Waals surface area contributed by atoms with Crippen LogP contribution in [0.15, 0.2) is 0 Å². The molecule has 4 heteroatoms. The summed E-state index contributed by atoms with van der Waals surface area (Å²) in [5, 5.41) is 9.22. The summed E-state index contributed by atoms with van der Waals surface area (Å²) in [5.74, 6) is -1.07. The van der Waals surface area contributed by atoms with Crippen LogP contribution in [-0.2, 0) is 9.59 Å². The third kappa shape index (κ3) is 1.60. The molecule has 2 fully saturated rings. The van der Waals surface area contributed by atoms with Gasteiger partial charge in [-0.2, -0.15) is 0 Å². The Bertz CT molecular complexity index is 309. The van der Waals surface area contributed by atoms with E-state index < -0.39 is 11.4 Å².